The molecule has 1 atom stereocenters. The van der Waals surface area contributed by atoms with Crippen molar-refractivity contribution in [2.24, 2.45) is 4.99 Å². The number of halogens is 1. The first-order chi connectivity index (χ1) is 9.66. The van der Waals surface area contributed by atoms with Gasteiger partial charge >= 0.3 is 0 Å². The third-order valence-corrected chi connectivity index (χ3v) is 3.87. The lowest BCUT2D eigenvalue weighted by atomic mass is 9.90. The first-order valence-corrected chi connectivity index (χ1v) is 7.04. The highest BCUT2D eigenvalue weighted by Gasteiger charge is 2.30. The van der Waals surface area contributed by atoms with Crippen LogP contribution in [0.3, 0.4) is 0 Å². The van der Waals surface area contributed by atoms with E-state index in [9.17, 15) is 4.79 Å². The van der Waals surface area contributed by atoms with Crippen molar-refractivity contribution < 1.29 is 4.79 Å². The largest absolute Gasteiger partial charge is 0.306 e. The lowest BCUT2D eigenvalue weighted by molar-refractivity contribution is 0.0785. The van der Waals surface area contributed by atoms with Crippen LogP contribution in [0.15, 0.2) is 47.2 Å². The number of rotatable bonds is 1. The Morgan fingerprint density at radius 2 is 2.25 bits per heavy atom. The fourth-order valence-electron chi connectivity index (χ4n) is 2.60. The third-order valence-electron chi connectivity index (χ3n) is 3.63. The number of carbonyl (C=O) groups is 1. The zero-order chi connectivity index (χ0) is 14.1. The van der Waals surface area contributed by atoms with E-state index in [1.54, 1.807) is 17.2 Å². The van der Waals surface area contributed by atoms with E-state index in [2.05, 4.69) is 11.9 Å². The van der Waals surface area contributed by atoms with Crippen LogP contribution >= 0.6 is 11.6 Å². The lowest BCUT2D eigenvalue weighted by Crippen LogP contribution is -2.38. The summed E-state index contributed by atoms with van der Waals surface area (Å²) in [6.45, 7) is 2.76. The first kappa shape index (κ1) is 13.1. The second kappa shape index (κ2) is 5.25. The number of amides is 1. The van der Waals surface area contributed by atoms with Crippen molar-refractivity contribution >= 4 is 23.7 Å². The molecule has 2 aliphatic rings. The van der Waals surface area contributed by atoms with Crippen molar-refractivity contribution in [2.75, 3.05) is 6.54 Å². The number of hydrogen-bond donors (Lipinski definition) is 0. The molecule has 1 aromatic carbocycles. The zero-order valence-corrected chi connectivity index (χ0v) is 12.0. The van der Waals surface area contributed by atoms with Crippen LogP contribution in [-0.2, 0) is 0 Å². The predicted molar refractivity (Wildman–Crippen MR) is 81.2 cm³/mol. The molecular weight excluding hydrogens is 272 g/mol. The Labute approximate surface area is 123 Å². The Morgan fingerprint density at radius 1 is 1.40 bits per heavy atom. The Morgan fingerprint density at radius 3 is 3.10 bits per heavy atom. The van der Waals surface area contributed by atoms with Crippen LogP contribution in [0.5, 0.6) is 0 Å². The van der Waals surface area contributed by atoms with Crippen molar-refractivity contribution in [3.05, 3.63) is 58.4 Å². The molecule has 3 nitrogen and oxygen atoms in total. The van der Waals surface area contributed by atoms with Crippen LogP contribution in [0.4, 0.5) is 0 Å². The van der Waals surface area contributed by atoms with Gasteiger partial charge in [-0.2, -0.15) is 0 Å². The molecule has 20 heavy (non-hydrogen) atoms. The minimum Gasteiger partial charge on any atom is -0.306 e. The van der Waals surface area contributed by atoms with Gasteiger partial charge in [-0.15, -0.1) is 0 Å². The van der Waals surface area contributed by atoms with Gasteiger partial charge in [0, 0.05) is 29.8 Å². The molecule has 102 valence electrons. The molecule has 0 bridgehead atoms. The summed E-state index contributed by atoms with van der Waals surface area (Å²) in [6.07, 6.45) is 8.34. The van der Waals surface area contributed by atoms with E-state index in [4.69, 9.17) is 11.6 Å². The van der Waals surface area contributed by atoms with Crippen molar-refractivity contribution in [1.82, 2.24) is 4.90 Å². The second-order valence-electron chi connectivity index (χ2n) is 5.07. The highest BCUT2D eigenvalue weighted by atomic mass is 35.5. The normalized spacial score (nSPS) is 21.5. The number of aliphatic imine (C=N–C) groups is 1. The van der Waals surface area contributed by atoms with Gasteiger partial charge in [0.25, 0.3) is 5.91 Å². The molecule has 0 fully saturated rings. The van der Waals surface area contributed by atoms with E-state index < -0.39 is 0 Å². The van der Waals surface area contributed by atoms with Crippen LogP contribution in [0.1, 0.15) is 35.2 Å². The number of nitrogens with zero attached hydrogens (tertiary/aromatic N) is 2. The molecule has 1 aromatic rings. The Bertz CT molecular complexity index is 646. The van der Waals surface area contributed by atoms with Gasteiger partial charge < -0.3 is 4.90 Å². The summed E-state index contributed by atoms with van der Waals surface area (Å²) in [5, 5.41) is 0.676. The topological polar surface area (TPSA) is 32.7 Å². The van der Waals surface area contributed by atoms with Crippen LogP contribution in [0.25, 0.3) is 0 Å². The molecule has 1 unspecified atom stereocenters. The number of carbonyl (C=O) groups excluding carboxylic acids is 1. The fraction of sp³-hybridized carbons (Fsp3) is 0.250. The molecule has 0 saturated heterocycles. The van der Waals surface area contributed by atoms with E-state index in [0.717, 1.165) is 23.2 Å². The molecule has 0 saturated carbocycles. The SMILES string of the molecule is CC1CN(C2=CN=CCC=C2)C(=O)c2ccc(Cl)cc21. The summed E-state index contributed by atoms with van der Waals surface area (Å²) in [6, 6.07) is 5.48. The third kappa shape index (κ3) is 2.29. The van der Waals surface area contributed by atoms with Crippen LogP contribution in [-0.4, -0.2) is 23.6 Å². The van der Waals surface area contributed by atoms with Gasteiger partial charge in [0.05, 0.1) is 11.9 Å². The Kier molecular flexibility index (Phi) is 3.45. The molecule has 0 N–H and O–H groups in total. The summed E-state index contributed by atoms with van der Waals surface area (Å²) in [4.78, 5) is 18.6. The van der Waals surface area contributed by atoms with Gasteiger partial charge in [0.1, 0.15) is 0 Å². The molecule has 0 spiro atoms. The monoisotopic (exact) mass is 286 g/mol. The lowest BCUT2D eigenvalue weighted by Gasteiger charge is -2.33. The van der Waals surface area contributed by atoms with Crippen molar-refractivity contribution in [3.8, 4) is 0 Å². The maximum atomic E-state index is 12.6. The summed E-state index contributed by atoms with van der Waals surface area (Å²) in [7, 11) is 0. The van der Waals surface area contributed by atoms with Gasteiger partial charge in [-0.25, -0.2) is 0 Å². The number of fused-ring (bicyclic) bond motifs is 1. The molecule has 0 aliphatic carbocycles. The first-order valence-electron chi connectivity index (χ1n) is 6.66. The quantitative estimate of drug-likeness (QED) is 0.773. The predicted octanol–water partition coefficient (Wildman–Crippen LogP) is 3.77. The van der Waals surface area contributed by atoms with Crippen molar-refractivity contribution in [3.63, 3.8) is 0 Å². The van der Waals surface area contributed by atoms with E-state index >= 15 is 0 Å². The zero-order valence-electron chi connectivity index (χ0n) is 11.2. The number of benzene rings is 1. The van der Waals surface area contributed by atoms with Gasteiger partial charge in [-0.1, -0.05) is 24.6 Å². The van der Waals surface area contributed by atoms with Crippen LogP contribution in [0, 0.1) is 0 Å². The molecule has 0 aromatic heterocycles. The minimum absolute atomic E-state index is 0.0165. The highest BCUT2D eigenvalue weighted by molar-refractivity contribution is 6.30. The molecule has 0 radical (unpaired) electrons. The molecule has 2 aliphatic heterocycles. The molecule has 3 rings (SSSR count). The van der Waals surface area contributed by atoms with Gasteiger partial charge in [0.15, 0.2) is 0 Å². The molecule has 2 heterocycles. The van der Waals surface area contributed by atoms with Crippen molar-refractivity contribution in [2.45, 2.75) is 19.3 Å². The molecular formula is C16H15ClN2O. The Balaban J connectivity index is 2.01. The van der Waals surface area contributed by atoms with E-state index in [0.29, 0.717) is 11.6 Å². The average molecular weight is 287 g/mol. The van der Waals surface area contributed by atoms with Crippen molar-refractivity contribution in [1.29, 1.82) is 0 Å². The highest BCUT2D eigenvalue weighted by Crippen LogP contribution is 2.32. The summed E-state index contributed by atoms with van der Waals surface area (Å²) < 4.78 is 0. The van der Waals surface area contributed by atoms with Gasteiger partial charge in [-0.05, 0) is 35.8 Å². The Hall–Kier alpha value is -1.87. The fourth-order valence-corrected chi connectivity index (χ4v) is 2.78. The minimum atomic E-state index is 0.0165. The standard InChI is InChI=1S/C16H15ClN2O/c1-11-10-19(13-4-2-3-7-18-9-13)16(20)14-6-5-12(17)8-15(11)14/h2,4-9,11H,3,10H2,1H3. The summed E-state index contributed by atoms with van der Waals surface area (Å²) in [5.41, 5.74) is 2.60. The van der Waals surface area contributed by atoms with Gasteiger partial charge in [-0.3, -0.25) is 9.79 Å². The average Bonchev–Trinajstić information content (AvgIpc) is 2.71. The molecule has 4 heteroatoms. The van der Waals surface area contributed by atoms with Crippen LogP contribution in [0.2, 0.25) is 5.02 Å². The number of allylic oxidation sites excluding steroid dienone is 2. The maximum absolute atomic E-state index is 12.6. The van der Waals surface area contributed by atoms with E-state index in [-0.39, 0.29) is 11.8 Å². The van der Waals surface area contributed by atoms with Gasteiger partial charge in [0.2, 0.25) is 0 Å². The van der Waals surface area contributed by atoms with E-state index in [1.165, 1.54) is 0 Å². The number of hydrogen-bond acceptors (Lipinski definition) is 2. The summed E-state index contributed by atoms with van der Waals surface area (Å²) >= 11 is 6.03. The van der Waals surface area contributed by atoms with E-state index in [1.807, 2.05) is 30.5 Å². The smallest absolute Gasteiger partial charge is 0.258 e. The maximum Gasteiger partial charge on any atom is 0.258 e. The summed E-state index contributed by atoms with van der Waals surface area (Å²) in [5.74, 6) is 0.269. The second-order valence-corrected chi connectivity index (χ2v) is 5.51. The van der Waals surface area contributed by atoms with Crippen LogP contribution < -0.4 is 0 Å². The molecule has 1 amide bonds.